The van der Waals surface area contributed by atoms with Gasteiger partial charge in [-0.1, -0.05) is 0 Å². The van der Waals surface area contributed by atoms with Gasteiger partial charge in [0.25, 0.3) is 0 Å². The minimum absolute atomic E-state index is 0. The second kappa shape index (κ2) is 8.65. The number of anilines is 1. The number of halogens is 2. The van der Waals surface area contributed by atoms with E-state index in [2.05, 4.69) is 25.4 Å². The Labute approximate surface area is 159 Å². The average Bonchev–Trinajstić information content (AvgIpc) is 3.25. The Morgan fingerprint density at radius 3 is 2.68 bits per heavy atom. The van der Waals surface area contributed by atoms with Crippen molar-refractivity contribution in [1.82, 2.24) is 20.1 Å². The van der Waals surface area contributed by atoms with E-state index < -0.39 is 0 Å². The quantitative estimate of drug-likeness (QED) is 0.854. The van der Waals surface area contributed by atoms with Gasteiger partial charge in [-0.25, -0.2) is 0 Å². The molecular weight excluding hydrogens is 361 g/mol. The molecule has 8 heteroatoms. The molecule has 4 rings (SSSR count). The molecule has 1 unspecified atom stereocenters. The van der Waals surface area contributed by atoms with Crippen LogP contribution in [-0.2, 0) is 17.8 Å². The first-order valence-electron chi connectivity index (χ1n) is 8.35. The number of rotatable bonds is 3. The van der Waals surface area contributed by atoms with Crippen molar-refractivity contribution in [3.05, 3.63) is 30.1 Å². The number of aryl methyl sites for hydroxylation is 1. The van der Waals surface area contributed by atoms with E-state index in [1.54, 1.807) is 0 Å². The number of benzene rings is 1. The molecule has 2 N–H and O–H groups in total. The van der Waals surface area contributed by atoms with Crippen LogP contribution < -0.4 is 10.6 Å². The van der Waals surface area contributed by atoms with Gasteiger partial charge in [0.05, 0.1) is 5.92 Å². The van der Waals surface area contributed by atoms with Crippen LogP contribution >= 0.6 is 24.8 Å². The van der Waals surface area contributed by atoms with Crippen LogP contribution in [0.25, 0.3) is 11.4 Å². The molecular formula is C17H23Cl2N5O. The van der Waals surface area contributed by atoms with Crippen LogP contribution in [0.3, 0.4) is 0 Å². The lowest BCUT2D eigenvalue weighted by Crippen LogP contribution is -2.24. The van der Waals surface area contributed by atoms with E-state index in [4.69, 9.17) is 0 Å². The maximum Gasteiger partial charge on any atom is 0.228 e. The fourth-order valence-electron chi connectivity index (χ4n) is 3.35. The molecule has 0 saturated carbocycles. The zero-order valence-electron chi connectivity index (χ0n) is 13.9. The third-order valence-corrected chi connectivity index (χ3v) is 4.70. The summed E-state index contributed by atoms with van der Waals surface area (Å²) in [5.74, 6) is 2.19. The van der Waals surface area contributed by atoms with Gasteiger partial charge in [0, 0.05) is 30.8 Å². The molecule has 1 fully saturated rings. The standard InChI is InChI=1S/C17H21N5O.2ClH/c23-17(13-8-9-18-11-13)19-14-6-4-12(5-7-14)16-21-20-15-3-1-2-10-22(15)16;;/h4-7,13,18H,1-3,8-11H2,(H,19,23);2*1H. The maximum atomic E-state index is 12.1. The highest BCUT2D eigenvalue weighted by molar-refractivity contribution is 5.93. The van der Waals surface area contributed by atoms with E-state index in [0.29, 0.717) is 0 Å². The molecule has 136 valence electrons. The monoisotopic (exact) mass is 383 g/mol. The van der Waals surface area contributed by atoms with Crippen LogP contribution in [0.1, 0.15) is 25.1 Å². The summed E-state index contributed by atoms with van der Waals surface area (Å²) in [4.78, 5) is 12.1. The Bertz CT molecular complexity index is 710. The maximum absolute atomic E-state index is 12.1. The van der Waals surface area contributed by atoms with Crippen LogP contribution in [0, 0.1) is 5.92 Å². The molecule has 1 saturated heterocycles. The summed E-state index contributed by atoms with van der Waals surface area (Å²) in [6.45, 7) is 2.69. The first-order chi connectivity index (χ1) is 11.3. The van der Waals surface area contributed by atoms with Crippen molar-refractivity contribution in [3.63, 3.8) is 0 Å². The summed E-state index contributed by atoms with van der Waals surface area (Å²) < 4.78 is 2.21. The van der Waals surface area contributed by atoms with Crippen LogP contribution in [-0.4, -0.2) is 33.8 Å². The van der Waals surface area contributed by atoms with Crippen LogP contribution in [0.4, 0.5) is 5.69 Å². The summed E-state index contributed by atoms with van der Waals surface area (Å²) in [7, 11) is 0. The highest BCUT2D eigenvalue weighted by Crippen LogP contribution is 2.24. The van der Waals surface area contributed by atoms with Crippen molar-refractivity contribution < 1.29 is 4.79 Å². The topological polar surface area (TPSA) is 71.8 Å². The summed E-state index contributed by atoms with van der Waals surface area (Å²) in [6.07, 6.45) is 4.30. The normalized spacial score (nSPS) is 18.6. The lowest BCUT2D eigenvalue weighted by molar-refractivity contribution is -0.119. The Hall–Kier alpha value is -1.63. The Morgan fingerprint density at radius 2 is 1.96 bits per heavy atom. The third kappa shape index (κ3) is 4.14. The van der Waals surface area contributed by atoms with E-state index in [0.717, 1.165) is 55.4 Å². The minimum Gasteiger partial charge on any atom is -0.326 e. The molecule has 1 atom stereocenters. The summed E-state index contributed by atoms with van der Waals surface area (Å²) in [5, 5.41) is 14.8. The van der Waals surface area contributed by atoms with Crippen LogP contribution in [0.5, 0.6) is 0 Å². The highest BCUT2D eigenvalue weighted by Gasteiger charge is 2.22. The molecule has 1 aromatic heterocycles. The first-order valence-corrected chi connectivity index (χ1v) is 8.35. The molecule has 6 nitrogen and oxygen atoms in total. The van der Waals surface area contributed by atoms with Crippen LogP contribution in [0.2, 0.25) is 0 Å². The van der Waals surface area contributed by atoms with E-state index in [1.165, 1.54) is 12.8 Å². The number of carbonyl (C=O) groups excluding carboxylic acids is 1. The number of aromatic nitrogens is 3. The molecule has 0 spiro atoms. The number of nitrogens with zero attached hydrogens (tertiary/aromatic N) is 3. The van der Waals surface area contributed by atoms with Crippen molar-refractivity contribution in [2.24, 2.45) is 5.92 Å². The molecule has 3 heterocycles. The average molecular weight is 384 g/mol. The number of hydrogen-bond donors (Lipinski definition) is 2. The van der Waals surface area contributed by atoms with Gasteiger partial charge in [0.15, 0.2) is 5.82 Å². The Balaban J connectivity index is 0.00000113. The Morgan fingerprint density at radius 1 is 1.16 bits per heavy atom. The number of hydrogen-bond acceptors (Lipinski definition) is 4. The van der Waals surface area contributed by atoms with E-state index in [1.807, 2.05) is 24.3 Å². The summed E-state index contributed by atoms with van der Waals surface area (Å²) >= 11 is 0. The van der Waals surface area contributed by atoms with Gasteiger partial charge in [-0.05, 0) is 50.1 Å². The summed E-state index contributed by atoms with van der Waals surface area (Å²) in [6, 6.07) is 7.91. The van der Waals surface area contributed by atoms with Crippen molar-refractivity contribution in [1.29, 1.82) is 0 Å². The van der Waals surface area contributed by atoms with Crippen molar-refractivity contribution in [2.75, 3.05) is 18.4 Å². The summed E-state index contributed by atoms with van der Waals surface area (Å²) in [5.41, 5.74) is 1.88. The SMILES string of the molecule is Cl.Cl.O=C(Nc1ccc(-c2nnc3n2CCCC3)cc1)C1CCNC1. The number of nitrogens with one attached hydrogen (secondary N) is 2. The molecule has 0 bridgehead atoms. The van der Waals surface area contributed by atoms with Gasteiger partial charge in [0.1, 0.15) is 5.82 Å². The third-order valence-electron chi connectivity index (χ3n) is 4.70. The molecule has 2 aromatic rings. The largest absolute Gasteiger partial charge is 0.326 e. The van der Waals surface area contributed by atoms with Gasteiger partial charge < -0.3 is 15.2 Å². The zero-order chi connectivity index (χ0) is 15.6. The fraction of sp³-hybridized carbons (Fsp3) is 0.471. The lowest BCUT2D eigenvalue weighted by Gasteiger charge is -2.15. The minimum atomic E-state index is 0. The van der Waals surface area contributed by atoms with Gasteiger partial charge >= 0.3 is 0 Å². The fourth-order valence-corrected chi connectivity index (χ4v) is 3.35. The van der Waals surface area contributed by atoms with E-state index >= 15 is 0 Å². The first kappa shape index (κ1) is 19.7. The smallest absolute Gasteiger partial charge is 0.228 e. The second-order valence-corrected chi connectivity index (χ2v) is 6.30. The van der Waals surface area contributed by atoms with E-state index in [9.17, 15) is 4.79 Å². The molecule has 1 amide bonds. The van der Waals surface area contributed by atoms with Gasteiger partial charge in [-0.3, -0.25) is 4.79 Å². The molecule has 1 aromatic carbocycles. The molecule has 0 aliphatic carbocycles. The Kier molecular flexibility index (Phi) is 6.81. The van der Waals surface area contributed by atoms with Crippen LogP contribution in [0.15, 0.2) is 24.3 Å². The lowest BCUT2D eigenvalue weighted by atomic mass is 10.1. The predicted octanol–water partition coefficient (Wildman–Crippen LogP) is 2.67. The van der Waals surface area contributed by atoms with Gasteiger partial charge in [0.2, 0.25) is 5.91 Å². The molecule has 0 radical (unpaired) electrons. The molecule has 2 aliphatic rings. The number of carbonyl (C=O) groups is 1. The molecule has 2 aliphatic heterocycles. The van der Waals surface area contributed by atoms with E-state index in [-0.39, 0.29) is 36.6 Å². The van der Waals surface area contributed by atoms with Crippen molar-refractivity contribution >= 4 is 36.4 Å². The predicted molar refractivity (Wildman–Crippen MR) is 102 cm³/mol. The van der Waals surface area contributed by atoms with Gasteiger partial charge in [-0.15, -0.1) is 35.0 Å². The van der Waals surface area contributed by atoms with Crippen molar-refractivity contribution in [2.45, 2.75) is 32.2 Å². The van der Waals surface area contributed by atoms with Gasteiger partial charge in [-0.2, -0.15) is 0 Å². The number of fused-ring (bicyclic) bond motifs is 1. The zero-order valence-corrected chi connectivity index (χ0v) is 15.5. The highest BCUT2D eigenvalue weighted by atomic mass is 35.5. The van der Waals surface area contributed by atoms with Crippen molar-refractivity contribution in [3.8, 4) is 11.4 Å². The number of amides is 1. The molecule has 25 heavy (non-hydrogen) atoms. The second-order valence-electron chi connectivity index (χ2n) is 6.30.